The normalized spacial score (nSPS) is 18.7. The van der Waals surface area contributed by atoms with Crippen LogP contribution in [-0.4, -0.2) is 83.0 Å². The Labute approximate surface area is 269 Å². The molecule has 3 rings (SSSR count). The van der Waals surface area contributed by atoms with Crippen LogP contribution in [0.1, 0.15) is 52.6 Å². The SMILES string of the molecule is BCc1cc(CB)c(OC(=O)C2CC(C(=O)Oc3c(CB)cc(CB)cc3CB)CC(C(=O)C(F)(F)S(=O)(=O)O)C2)c(CB)c1. The van der Waals surface area contributed by atoms with Crippen LogP contribution in [-0.2, 0) is 62.4 Å². The minimum Gasteiger partial charge on any atom is -0.426 e. The lowest BCUT2D eigenvalue weighted by molar-refractivity contribution is -0.150. The molecule has 2 aromatic carbocycles. The smallest absolute Gasteiger partial charge is 0.426 e. The van der Waals surface area contributed by atoms with Gasteiger partial charge in [-0.25, -0.2) is 0 Å². The molecule has 0 amide bonds. The quantitative estimate of drug-likeness (QED) is 0.117. The summed E-state index contributed by atoms with van der Waals surface area (Å²) in [4.78, 5) is 40.1. The van der Waals surface area contributed by atoms with E-state index >= 15 is 0 Å². The number of alkyl halides is 2. The third-order valence-electron chi connectivity index (χ3n) is 8.71. The second kappa shape index (κ2) is 15.2. The lowest BCUT2D eigenvalue weighted by atomic mass is 9.73. The van der Waals surface area contributed by atoms with Crippen molar-refractivity contribution in [2.24, 2.45) is 17.8 Å². The maximum atomic E-state index is 14.6. The largest absolute Gasteiger partial charge is 0.426 e. The van der Waals surface area contributed by atoms with Crippen LogP contribution in [0, 0.1) is 17.8 Å². The molecule has 0 aliphatic heterocycles. The zero-order valence-electron chi connectivity index (χ0n) is 26.9. The van der Waals surface area contributed by atoms with Gasteiger partial charge in [-0.15, -0.1) is 0 Å². The van der Waals surface area contributed by atoms with Crippen molar-refractivity contribution in [1.82, 2.24) is 0 Å². The van der Waals surface area contributed by atoms with E-state index in [2.05, 4.69) is 0 Å². The highest BCUT2D eigenvalue weighted by atomic mass is 32.2. The molecule has 0 bridgehead atoms. The zero-order chi connectivity index (χ0) is 33.7. The van der Waals surface area contributed by atoms with Gasteiger partial charge in [0.05, 0.1) is 11.8 Å². The lowest BCUT2D eigenvalue weighted by Gasteiger charge is -2.33. The van der Waals surface area contributed by atoms with Crippen LogP contribution >= 0.6 is 0 Å². The highest BCUT2D eigenvalue weighted by Crippen LogP contribution is 2.41. The van der Waals surface area contributed by atoms with Gasteiger partial charge >= 0.3 is 27.3 Å². The number of hydrogen-bond acceptors (Lipinski definition) is 7. The number of ether oxygens (including phenoxy) is 2. The first-order chi connectivity index (χ1) is 21.1. The third-order valence-corrected chi connectivity index (χ3v) is 9.56. The summed E-state index contributed by atoms with van der Waals surface area (Å²) in [6.07, 6.45) is 2.66. The average molecular weight is 638 g/mol. The van der Waals surface area contributed by atoms with Gasteiger partial charge in [0.2, 0.25) is 5.78 Å². The summed E-state index contributed by atoms with van der Waals surface area (Å²) in [5.74, 6) is -7.11. The predicted molar refractivity (Wildman–Crippen MR) is 183 cm³/mol. The summed E-state index contributed by atoms with van der Waals surface area (Å²) in [7, 11) is 5.56. The van der Waals surface area contributed by atoms with E-state index in [4.69, 9.17) is 14.0 Å². The molecule has 1 aliphatic carbocycles. The van der Waals surface area contributed by atoms with Crippen LogP contribution in [0.2, 0.25) is 0 Å². The van der Waals surface area contributed by atoms with Crippen molar-refractivity contribution in [3.63, 3.8) is 0 Å². The van der Waals surface area contributed by atoms with E-state index in [1.807, 2.05) is 71.3 Å². The van der Waals surface area contributed by atoms with Crippen molar-refractivity contribution in [3.8, 4) is 11.5 Å². The highest BCUT2D eigenvalue weighted by molar-refractivity contribution is 7.87. The molecule has 17 heteroatoms. The van der Waals surface area contributed by atoms with Gasteiger partial charge in [0.15, 0.2) is 0 Å². The van der Waals surface area contributed by atoms with E-state index in [-0.39, 0.29) is 6.42 Å². The van der Waals surface area contributed by atoms with Crippen LogP contribution in [0.3, 0.4) is 0 Å². The van der Waals surface area contributed by atoms with Gasteiger partial charge in [-0.05, 0) is 41.5 Å². The molecule has 8 nitrogen and oxygen atoms in total. The standard InChI is InChI=1S/C28H38B6F2O8S/c29-8-14-1-19(10-31)23(20(2-14)11-32)43-26(38)17-5-16(25(37)28(35,36)45(40,41)42)6-18(7-17)27(39)44-24-21(12-33)3-15(9-30)4-22(24)13-34/h1-4,16-18H,5-13,29-34H2,(H,40,41,42). The van der Waals surface area contributed by atoms with Crippen LogP contribution < -0.4 is 9.47 Å². The number of benzene rings is 2. The molecule has 1 fully saturated rings. The van der Waals surface area contributed by atoms with Crippen molar-refractivity contribution in [1.29, 1.82) is 0 Å². The minimum atomic E-state index is -6.09. The monoisotopic (exact) mass is 638 g/mol. The number of halogens is 2. The van der Waals surface area contributed by atoms with Gasteiger partial charge in [0.25, 0.3) is 0 Å². The van der Waals surface area contributed by atoms with Crippen molar-refractivity contribution < 1.29 is 45.6 Å². The first-order valence-corrected chi connectivity index (χ1v) is 17.2. The lowest BCUT2D eigenvalue weighted by Crippen LogP contribution is -2.46. The fraction of sp³-hybridized carbons (Fsp3) is 0.464. The van der Waals surface area contributed by atoms with E-state index in [9.17, 15) is 31.6 Å². The molecular formula is C28H38B6F2O8S. The van der Waals surface area contributed by atoms with Gasteiger partial charge in [-0.1, -0.05) is 73.3 Å². The summed E-state index contributed by atoms with van der Waals surface area (Å²) < 4.78 is 72.9. The van der Waals surface area contributed by atoms with E-state index in [0.717, 1.165) is 46.0 Å². The van der Waals surface area contributed by atoms with E-state index in [0.29, 0.717) is 36.8 Å². The Morgan fingerprint density at radius 3 is 1.24 bits per heavy atom. The van der Waals surface area contributed by atoms with Crippen LogP contribution in [0.15, 0.2) is 24.3 Å². The van der Waals surface area contributed by atoms with Crippen LogP contribution in [0.25, 0.3) is 0 Å². The maximum absolute atomic E-state index is 14.6. The van der Waals surface area contributed by atoms with Crippen LogP contribution in [0.5, 0.6) is 11.5 Å². The summed E-state index contributed by atoms with van der Waals surface area (Å²) >= 11 is 0. The van der Waals surface area contributed by atoms with Crippen molar-refractivity contribution in [2.45, 2.75) is 62.4 Å². The Hall–Kier alpha value is -2.79. The van der Waals surface area contributed by atoms with E-state index in [1.54, 1.807) is 0 Å². The molecule has 2 atom stereocenters. The molecule has 2 unspecified atom stereocenters. The summed E-state index contributed by atoms with van der Waals surface area (Å²) in [5, 5.41) is -5.11. The summed E-state index contributed by atoms with van der Waals surface area (Å²) in [5.41, 5.74) is 5.26. The Balaban J connectivity index is 2.01. The fourth-order valence-corrected chi connectivity index (χ4v) is 6.45. The fourth-order valence-electron chi connectivity index (χ4n) is 6.02. The Morgan fingerprint density at radius 2 is 0.978 bits per heavy atom. The van der Waals surface area contributed by atoms with Gasteiger partial charge in [-0.2, -0.15) is 17.2 Å². The second-order valence-corrected chi connectivity index (χ2v) is 13.1. The molecule has 0 spiro atoms. The number of hydrogen-bond donors (Lipinski definition) is 1. The van der Waals surface area contributed by atoms with Crippen molar-refractivity contribution in [2.75, 3.05) is 0 Å². The molecule has 45 heavy (non-hydrogen) atoms. The number of carbonyl (C=O) groups excluding carboxylic acids is 3. The molecule has 1 aliphatic rings. The first-order valence-electron chi connectivity index (χ1n) is 15.8. The minimum absolute atomic E-state index is 0.148. The maximum Gasteiger partial charge on any atom is 0.426 e. The van der Waals surface area contributed by atoms with Crippen LogP contribution in [0.4, 0.5) is 8.78 Å². The summed E-state index contributed by atoms with van der Waals surface area (Å²) in [6, 6.07) is 7.73. The molecule has 0 aromatic heterocycles. The third kappa shape index (κ3) is 8.14. The molecule has 0 saturated heterocycles. The Kier molecular flexibility index (Phi) is 12.4. The van der Waals surface area contributed by atoms with Crippen molar-refractivity contribution >= 4 is 74.9 Å². The summed E-state index contributed by atoms with van der Waals surface area (Å²) in [6.45, 7) is 0. The van der Waals surface area contributed by atoms with Gasteiger partial charge in [0.1, 0.15) is 58.6 Å². The second-order valence-electron chi connectivity index (χ2n) is 11.6. The molecule has 1 N–H and O–H groups in total. The van der Waals surface area contributed by atoms with Crippen molar-refractivity contribution in [3.05, 3.63) is 57.6 Å². The van der Waals surface area contributed by atoms with Gasteiger partial charge in [0, 0.05) is 5.92 Å². The molecule has 0 radical (unpaired) electrons. The number of rotatable bonds is 13. The molecular weight excluding hydrogens is 599 g/mol. The zero-order valence-corrected chi connectivity index (χ0v) is 27.7. The van der Waals surface area contributed by atoms with E-state index in [1.165, 1.54) is 0 Å². The number of carbonyl (C=O) groups is 3. The molecule has 0 heterocycles. The highest BCUT2D eigenvalue weighted by Gasteiger charge is 2.56. The number of esters is 2. The Bertz CT molecular complexity index is 1420. The van der Waals surface area contributed by atoms with Gasteiger partial charge in [-0.3, -0.25) is 18.9 Å². The Morgan fingerprint density at radius 1 is 0.667 bits per heavy atom. The predicted octanol–water partition coefficient (Wildman–Crippen LogP) is -1.92. The number of ketones is 1. The molecule has 1 saturated carbocycles. The topological polar surface area (TPSA) is 124 Å². The first kappa shape index (κ1) is 36.7. The number of Topliss-reactive ketones (excluding diaryl/α,β-unsaturated/α-hetero) is 1. The van der Waals surface area contributed by atoms with Gasteiger partial charge < -0.3 is 9.47 Å². The average Bonchev–Trinajstić information content (AvgIpc) is 3.03. The van der Waals surface area contributed by atoms with E-state index < -0.39 is 63.7 Å². The molecule has 236 valence electrons. The molecule has 2 aromatic rings.